The summed E-state index contributed by atoms with van der Waals surface area (Å²) in [6.45, 7) is 0.404. The van der Waals surface area contributed by atoms with Crippen molar-refractivity contribution in [2.75, 3.05) is 6.61 Å². The van der Waals surface area contributed by atoms with Crippen molar-refractivity contribution >= 4 is 9.84 Å². The molecule has 1 aromatic carbocycles. The molecule has 1 aliphatic heterocycles. The molecule has 0 atom stereocenters. The smallest absolute Gasteiger partial charge is 0.692 e. The number of sulfone groups is 1. The maximum absolute atomic E-state index is 11.9. The van der Waals surface area contributed by atoms with Gasteiger partial charge in [0, 0.05) is 6.61 Å². The molecule has 3 nitrogen and oxygen atoms in total. The first-order chi connectivity index (χ1) is 6.71. The molecule has 2 rings (SSSR count). The minimum Gasteiger partial charge on any atom is -0.692 e. The minimum atomic E-state index is -3.36. The predicted octanol–water partition coefficient (Wildman–Crippen LogP) is -1.47. The molecule has 0 amide bonds. The van der Waals surface area contributed by atoms with Gasteiger partial charge in [-0.15, -0.1) is 0 Å². The minimum absolute atomic E-state index is 0. The molecule has 74 valence electrons. The quantitative estimate of drug-likeness (QED) is 0.448. The summed E-state index contributed by atoms with van der Waals surface area (Å²) in [4.78, 5) is 0.539. The third-order valence-electron chi connectivity index (χ3n) is 2.00. The number of hydrogen-bond acceptors (Lipinski definition) is 3. The molecule has 0 fully saturated rings. The van der Waals surface area contributed by atoms with E-state index in [1.54, 1.807) is 30.3 Å². The fraction of sp³-hybridized carbons (Fsp3) is 0.200. The molecule has 1 aromatic rings. The number of benzene rings is 1. The van der Waals surface area contributed by atoms with Gasteiger partial charge in [-0.2, -0.15) is 0 Å². The molecule has 0 saturated carbocycles. The Balaban J connectivity index is 0.00000112. The Morgan fingerprint density at radius 1 is 1.20 bits per heavy atom. The Morgan fingerprint density at radius 3 is 2.40 bits per heavy atom. The average Bonchev–Trinajstić information content (AvgIpc) is 2.72. The Morgan fingerprint density at radius 2 is 1.87 bits per heavy atom. The van der Waals surface area contributed by atoms with Crippen molar-refractivity contribution < 1.29 is 32.0 Å². The van der Waals surface area contributed by atoms with Gasteiger partial charge in [0.2, 0.25) is 0 Å². The molecule has 1 aliphatic rings. The van der Waals surface area contributed by atoms with Gasteiger partial charge >= 0.3 is 18.9 Å². The van der Waals surface area contributed by atoms with Gasteiger partial charge in [0.15, 0.2) is 9.84 Å². The second kappa shape index (κ2) is 4.89. The van der Waals surface area contributed by atoms with E-state index < -0.39 is 9.84 Å². The van der Waals surface area contributed by atoms with Gasteiger partial charge in [-0.3, -0.25) is 6.26 Å². The summed E-state index contributed by atoms with van der Waals surface area (Å²) in [5.41, 5.74) is 0. The summed E-state index contributed by atoms with van der Waals surface area (Å²) in [6, 6.07) is 8.32. The molecular weight excluding hydrogens is 207 g/mol. The largest absolute Gasteiger partial charge is 1.00 e. The first-order valence-electron chi connectivity index (χ1n) is 4.25. The molecule has 0 N–H and O–H groups in total. The monoisotopic (exact) mass is 216 g/mol. The normalized spacial score (nSPS) is 15.1. The summed E-state index contributed by atoms with van der Waals surface area (Å²) in [5.74, 6) is 0. The van der Waals surface area contributed by atoms with Crippen LogP contribution in [0.15, 0.2) is 40.1 Å². The van der Waals surface area contributed by atoms with Crippen LogP contribution in [0.1, 0.15) is 6.42 Å². The van der Waals surface area contributed by atoms with Crippen LogP contribution in [0.5, 0.6) is 0 Å². The first-order valence-corrected chi connectivity index (χ1v) is 5.73. The molecule has 5 heteroatoms. The van der Waals surface area contributed by atoms with E-state index in [9.17, 15) is 8.42 Å². The van der Waals surface area contributed by atoms with Gasteiger partial charge in [0.05, 0.1) is 4.90 Å². The van der Waals surface area contributed by atoms with Crippen LogP contribution in [0.4, 0.5) is 0 Å². The van der Waals surface area contributed by atoms with Crippen LogP contribution < -0.4 is 18.9 Å². The van der Waals surface area contributed by atoms with E-state index in [2.05, 4.69) is 6.26 Å². The van der Waals surface area contributed by atoms with Crippen LogP contribution in [0.2, 0.25) is 0 Å². The van der Waals surface area contributed by atoms with Crippen molar-refractivity contribution in [3.63, 3.8) is 0 Å². The molecule has 0 aliphatic carbocycles. The zero-order valence-electron chi connectivity index (χ0n) is 8.43. The molecule has 0 unspecified atom stereocenters. The SMILES string of the molecule is O=S(=O)(C1=[C-]OCC1)c1ccccc1.[Li+]. The molecule has 0 bridgehead atoms. The van der Waals surface area contributed by atoms with Crippen LogP contribution >= 0.6 is 0 Å². The predicted molar refractivity (Wildman–Crippen MR) is 51.0 cm³/mol. The third-order valence-corrected chi connectivity index (χ3v) is 3.82. The van der Waals surface area contributed by atoms with Crippen LogP contribution in [-0.4, -0.2) is 15.0 Å². The molecule has 0 aromatic heterocycles. The Bertz CT molecular complexity index is 451. The summed E-state index contributed by atoms with van der Waals surface area (Å²) in [6.07, 6.45) is 2.84. The van der Waals surface area contributed by atoms with E-state index in [0.29, 0.717) is 17.9 Å². The van der Waals surface area contributed by atoms with Gasteiger partial charge in [0.1, 0.15) is 0 Å². The van der Waals surface area contributed by atoms with Gasteiger partial charge in [0.25, 0.3) is 0 Å². The second-order valence-corrected chi connectivity index (χ2v) is 4.91. The van der Waals surface area contributed by atoms with Crippen LogP contribution in [0.3, 0.4) is 0 Å². The van der Waals surface area contributed by atoms with Gasteiger partial charge in [-0.05, 0) is 18.6 Å². The van der Waals surface area contributed by atoms with E-state index in [1.807, 2.05) is 0 Å². The molecule has 1 heterocycles. The summed E-state index contributed by atoms with van der Waals surface area (Å²) in [5, 5.41) is 0. The number of rotatable bonds is 2. The van der Waals surface area contributed by atoms with Gasteiger partial charge in [-0.25, -0.2) is 8.42 Å². The fourth-order valence-electron chi connectivity index (χ4n) is 1.26. The van der Waals surface area contributed by atoms with Gasteiger partial charge in [-0.1, -0.05) is 23.1 Å². The average molecular weight is 216 g/mol. The maximum atomic E-state index is 11.9. The van der Waals surface area contributed by atoms with Crippen LogP contribution in [0.25, 0.3) is 0 Å². The third kappa shape index (κ3) is 2.46. The summed E-state index contributed by atoms with van der Waals surface area (Å²) >= 11 is 0. The number of ether oxygens (including phenoxy) is 1. The van der Waals surface area contributed by atoms with Crippen LogP contribution in [0, 0.1) is 6.26 Å². The maximum Gasteiger partial charge on any atom is 1.00 e. The zero-order valence-corrected chi connectivity index (χ0v) is 9.25. The molecular formula is C10H9LiO3S. The van der Waals surface area contributed by atoms with E-state index in [0.717, 1.165) is 0 Å². The second-order valence-electron chi connectivity index (χ2n) is 2.94. The van der Waals surface area contributed by atoms with Crippen molar-refractivity contribution in [3.8, 4) is 0 Å². The zero-order chi connectivity index (χ0) is 10.0. The van der Waals surface area contributed by atoms with E-state index >= 15 is 0 Å². The molecule has 0 spiro atoms. The van der Waals surface area contributed by atoms with E-state index in [1.165, 1.54) is 0 Å². The fourth-order valence-corrected chi connectivity index (χ4v) is 2.58. The Hall–Kier alpha value is -0.693. The topological polar surface area (TPSA) is 43.4 Å². The van der Waals surface area contributed by atoms with Crippen molar-refractivity contribution in [2.24, 2.45) is 0 Å². The van der Waals surface area contributed by atoms with Crippen LogP contribution in [-0.2, 0) is 14.6 Å². The molecule has 0 saturated heterocycles. The summed E-state index contributed by atoms with van der Waals surface area (Å²) < 4.78 is 28.5. The standard InChI is InChI=1S/C10H9O3S.Li/c11-14(12,10-6-7-13-8-10)9-4-2-1-3-5-9;/h1-5H,6-7H2;/q-1;+1. The van der Waals surface area contributed by atoms with Crippen molar-refractivity contribution in [3.05, 3.63) is 41.5 Å². The van der Waals surface area contributed by atoms with Gasteiger partial charge < -0.3 is 4.74 Å². The number of hydrogen-bond donors (Lipinski definition) is 0. The molecule has 15 heavy (non-hydrogen) atoms. The van der Waals surface area contributed by atoms with E-state index in [4.69, 9.17) is 4.74 Å². The Kier molecular flexibility index (Phi) is 4.03. The summed E-state index contributed by atoms with van der Waals surface area (Å²) in [7, 11) is -3.36. The van der Waals surface area contributed by atoms with Crippen molar-refractivity contribution in [2.45, 2.75) is 11.3 Å². The Labute approximate surface area is 101 Å². The van der Waals surface area contributed by atoms with E-state index in [-0.39, 0.29) is 23.8 Å². The molecule has 0 radical (unpaired) electrons. The first kappa shape index (κ1) is 12.4. The van der Waals surface area contributed by atoms with Crippen molar-refractivity contribution in [1.29, 1.82) is 0 Å². The van der Waals surface area contributed by atoms with Crippen molar-refractivity contribution in [1.82, 2.24) is 0 Å².